The van der Waals surface area contributed by atoms with Crippen LogP contribution >= 0.6 is 0 Å². The Bertz CT molecular complexity index is 890. The zero-order chi connectivity index (χ0) is 16.5. The first-order valence-electron chi connectivity index (χ1n) is 8.58. The molecule has 0 fully saturated rings. The van der Waals surface area contributed by atoms with Crippen molar-refractivity contribution in [1.82, 2.24) is 0 Å². The van der Waals surface area contributed by atoms with Gasteiger partial charge in [-0.2, -0.15) is 0 Å². The van der Waals surface area contributed by atoms with E-state index in [-0.39, 0.29) is 5.97 Å². The molecule has 0 saturated heterocycles. The fourth-order valence-electron chi connectivity index (χ4n) is 3.52. The molecule has 1 aliphatic rings. The summed E-state index contributed by atoms with van der Waals surface area (Å²) in [5, 5.41) is 0.868. The molecule has 1 aromatic heterocycles. The SMILES string of the molecule is CCOC(=O)c1c(-c2ccccc2)oc2cc3c(cc12)CCCC3. The highest BCUT2D eigenvalue weighted by Crippen LogP contribution is 2.37. The fraction of sp³-hybridized carbons (Fsp3) is 0.286. The van der Waals surface area contributed by atoms with Crippen molar-refractivity contribution in [2.75, 3.05) is 6.61 Å². The van der Waals surface area contributed by atoms with Crippen LogP contribution in [0, 0.1) is 0 Å². The molecule has 4 rings (SSSR count). The third-order valence-electron chi connectivity index (χ3n) is 4.67. The molecule has 0 bridgehead atoms. The summed E-state index contributed by atoms with van der Waals surface area (Å²) >= 11 is 0. The number of hydrogen-bond acceptors (Lipinski definition) is 3. The van der Waals surface area contributed by atoms with E-state index in [0.717, 1.165) is 29.4 Å². The van der Waals surface area contributed by atoms with Crippen LogP contribution in [0.5, 0.6) is 0 Å². The molecule has 0 aliphatic heterocycles. The minimum Gasteiger partial charge on any atom is -0.462 e. The second-order valence-corrected chi connectivity index (χ2v) is 6.22. The van der Waals surface area contributed by atoms with E-state index < -0.39 is 0 Å². The van der Waals surface area contributed by atoms with E-state index in [4.69, 9.17) is 9.15 Å². The van der Waals surface area contributed by atoms with Crippen molar-refractivity contribution in [1.29, 1.82) is 0 Å². The molecule has 3 aromatic rings. The number of rotatable bonds is 3. The molecule has 0 spiro atoms. The van der Waals surface area contributed by atoms with Crippen LogP contribution in [0.15, 0.2) is 46.9 Å². The topological polar surface area (TPSA) is 39.4 Å². The van der Waals surface area contributed by atoms with Gasteiger partial charge in [0, 0.05) is 10.9 Å². The fourth-order valence-corrected chi connectivity index (χ4v) is 3.52. The number of furan rings is 1. The molecule has 1 heterocycles. The zero-order valence-corrected chi connectivity index (χ0v) is 13.8. The van der Waals surface area contributed by atoms with Crippen LogP contribution < -0.4 is 0 Å². The van der Waals surface area contributed by atoms with Gasteiger partial charge in [0.2, 0.25) is 0 Å². The Hall–Kier alpha value is -2.55. The molecule has 0 unspecified atom stereocenters. The van der Waals surface area contributed by atoms with Crippen molar-refractivity contribution >= 4 is 16.9 Å². The Balaban J connectivity index is 1.97. The molecule has 1 aliphatic carbocycles. The molecule has 0 amide bonds. The van der Waals surface area contributed by atoms with Crippen LogP contribution in [0.25, 0.3) is 22.3 Å². The summed E-state index contributed by atoms with van der Waals surface area (Å²) in [6, 6.07) is 14.0. The lowest BCUT2D eigenvalue weighted by Gasteiger charge is -2.15. The number of fused-ring (bicyclic) bond motifs is 2. The Kier molecular flexibility index (Phi) is 3.85. The molecule has 0 saturated carbocycles. The number of aryl methyl sites for hydroxylation is 2. The first-order chi connectivity index (χ1) is 11.8. The maximum absolute atomic E-state index is 12.6. The van der Waals surface area contributed by atoms with Crippen LogP contribution in [-0.4, -0.2) is 12.6 Å². The van der Waals surface area contributed by atoms with Gasteiger partial charge in [-0.15, -0.1) is 0 Å². The molecule has 24 heavy (non-hydrogen) atoms. The molecule has 3 heteroatoms. The Morgan fingerprint density at radius 2 is 1.79 bits per heavy atom. The highest BCUT2D eigenvalue weighted by molar-refractivity contribution is 6.09. The number of benzene rings is 2. The summed E-state index contributed by atoms with van der Waals surface area (Å²) in [4.78, 5) is 12.6. The maximum atomic E-state index is 12.6. The number of carbonyl (C=O) groups excluding carboxylic acids is 1. The summed E-state index contributed by atoms with van der Waals surface area (Å²) in [5.74, 6) is 0.289. The molecular formula is C21H20O3. The smallest absolute Gasteiger partial charge is 0.342 e. The number of ether oxygens (including phenoxy) is 1. The predicted octanol–water partition coefficient (Wildman–Crippen LogP) is 5.16. The maximum Gasteiger partial charge on any atom is 0.342 e. The van der Waals surface area contributed by atoms with Crippen LogP contribution in [0.4, 0.5) is 0 Å². The van der Waals surface area contributed by atoms with Gasteiger partial charge in [0.15, 0.2) is 0 Å². The van der Waals surface area contributed by atoms with Crippen molar-refractivity contribution in [2.24, 2.45) is 0 Å². The van der Waals surface area contributed by atoms with Gasteiger partial charge in [0.05, 0.1) is 6.61 Å². The normalized spacial score (nSPS) is 13.7. The van der Waals surface area contributed by atoms with Gasteiger partial charge in [-0.1, -0.05) is 30.3 Å². The van der Waals surface area contributed by atoms with Gasteiger partial charge in [0.1, 0.15) is 16.9 Å². The first kappa shape index (κ1) is 15.0. The lowest BCUT2D eigenvalue weighted by atomic mass is 9.90. The highest BCUT2D eigenvalue weighted by Gasteiger charge is 2.24. The Labute approximate surface area is 141 Å². The Morgan fingerprint density at radius 1 is 1.08 bits per heavy atom. The summed E-state index contributed by atoms with van der Waals surface area (Å²) in [6.07, 6.45) is 4.58. The van der Waals surface area contributed by atoms with Gasteiger partial charge in [0.25, 0.3) is 0 Å². The third-order valence-corrected chi connectivity index (χ3v) is 4.67. The van der Waals surface area contributed by atoms with E-state index in [9.17, 15) is 4.79 Å². The zero-order valence-electron chi connectivity index (χ0n) is 13.8. The van der Waals surface area contributed by atoms with Gasteiger partial charge in [-0.25, -0.2) is 4.79 Å². The third kappa shape index (κ3) is 2.50. The minimum atomic E-state index is -0.314. The molecule has 0 radical (unpaired) electrons. The van der Waals surface area contributed by atoms with Crippen LogP contribution in [0.3, 0.4) is 0 Å². The van der Waals surface area contributed by atoms with E-state index >= 15 is 0 Å². The molecule has 2 aromatic carbocycles. The van der Waals surface area contributed by atoms with Gasteiger partial charge < -0.3 is 9.15 Å². The molecule has 0 atom stereocenters. The van der Waals surface area contributed by atoms with Crippen molar-refractivity contribution in [3.63, 3.8) is 0 Å². The summed E-state index contributed by atoms with van der Waals surface area (Å²) in [5.41, 5.74) is 4.90. The second kappa shape index (κ2) is 6.16. The molecule has 0 N–H and O–H groups in total. The van der Waals surface area contributed by atoms with Gasteiger partial charge in [-0.3, -0.25) is 0 Å². The number of carbonyl (C=O) groups is 1. The van der Waals surface area contributed by atoms with Crippen LogP contribution in [0.2, 0.25) is 0 Å². The summed E-state index contributed by atoms with van der Waals surface area (Å²) in [6.45, 7) is 2.18. The van der Waals surface area contributed by atoms with E-state index in [0.29, 0.717) is 17.9 Å². The molecule has 3 nitrogen and oxygen atoms in total. The standard InChI is InChI=1S/C21H20O3/c1-2-23-21(22)19-17-12-15-10-6-7-11-16(15)13-18(17)24-20(19)14-8-4-3-5-9-14/h3-5,8-9,12-13H,2,6-7,10-11H2,1H3. The first-order valence-corrected chi connectivity index (χ1v) is 8.58. The number of hydrogen-bond donors (Lipinski definition) is 0. The Morgan fingerprint density at radius 3 is 2.50 bits per heavy atom. The second-order valence-electron chi connectivity index (χ2n) is 6.22. The minimum absolute atomic E-state index is 0.314. The van der Waals surface area contributed by atoms with E-state index in [1.54, 1.807) is 0 Å². The van der Waals surface area contributed by atoms with Crippen LogP contribution in [0.1, 0.15) is 41.3 Å². The van der Waals surface area contributed by atoms with Gasteiger partial charge in [-0.05, 0) is 55.9 Å². The predicted molar refractivity (Wildman–Crippen MR) is 94.2 cm³/mol. The van der Waals surface area contributed by atoms with Crippen molar-refractivity contribution in [3.8, 4) is 11.3 Å². The lowest BCUT2D eigenvalue weighted by molar-refractivity contribution is 0.0529. The van der Waals surface area contributed by atoms with Crippen molar-refractivity contribution in [2.45, 2.75) is 32.6 Å². The summed E-state index contributed by atoms with van der Waals surface area (Å²) in [7, 11) is 0. The largest absolute Gasteiger partial charge is 0.462 e. The van der Waals surface area contributed by atoms with E-state index in [1.165, 1.54) is 24.0 Å². The van der Waals surface area contributed by atoms with Crippen LogP contribution in [-0.2, 0) is 17.6 Å². The quantitative estimate of drug-likeness (QED) is 0.626. The highest BCUT2D eigenvalue weighted by atomic mass is 16.5. The average molecular weight is 320 g/mol. The van der Waals surface area contributed by atoms with Crippen molar-refractivity contribution < 1.29 is 13.9 Å². The van der Waals surface area contributed by atoms with E-state index in [2.05, 4.69) is 12.1 Å². The lowest BCUT2D eigenvalue weighted by Crippen LogP contribution is -2.06. The molecular weight excluding hydrogens is 300 g/mol. The average Bonchev–Trinajstić information content (AvgIpc) is 2.99. The molecule has 122 valence electrons. The van der Waals surface area contributed by atoms with Crippen molar-refractivity contribution in [3.05, 3.63) is 59.2 Å². The number of esters is 1. The van der Waals surface area contributed by atoms with Gasteiger partial charge >= 0.3 is 5.97 Å². The van der Waals surface area contributed by atoms with E-state index in [1.807, 2.05) is 37.3 Å². The summed E-state index contributed by atoms with van der Waals surface area (Å²) < 4.78 is 11.4. The monoisotopic (exact) mass is 320 g/mol.